The molecule has 0 aliphatic carbocycles. The van der Waals surface area contributed by atoms with Gasteiger partial charge in [-0.05, 0) is 38.8 Å². The Morgan fingerprint density at radius 2 is 2.00 bits per heavy atom. The molecule has 0 aromatic carbocycles. The van der Waals surface area contributed by atoms with Crippen LogP contribution in [0.15, 0.2) is 5.51 Å². The highest BCUT2D eigenvalue weighted by atomic mass is 32.1. The van der Waals surface area contributed by atoms with Crippen LogP contribution in [0.5, 0.6) is 0 Å². The van der Waals surface area contributed by atoms with Gasteiger partial charge in [-0.1, -0.05) is 20.8 Å². The van der Waals surface area contributed by atoms with Crippen LogP contribution in [0, 0.1) is 12.3 Å². The number of aryl methyl sites for hydroxylation is 1. The largest absolute Gasteiger partial charge is 0.316 e. The Bertz CT molecular complexity index is 358. The number of hydrogen-bond donors (Lipinski definition) is 1. The maximum atomic E-state index is 4.34. The highest BCUT2D eigenvalue weighted by molar-refractivity contribution is 7.09. The molecule has 1 N–H and O–H groups in total. The van der Waals surface area contributed by atoms with Gasteiger partial charge in [0.25, 0.3) is 0 Å². The van der Waals surface area contributed by atoms with Crippen molar-refractivity contribution in [3.63, 3.8) is 0 Å². The second kappa shape index (κ2) is 7.98. The summed E-state index contributed by atoms with van der Waals surface area (Å²) in [5, 5.41) is 3.53. The third kappa shape index (κ3) is 4.86. The molecule has 0 unspecified atom stereocenters. The molecule has 3 nitrogen and oxygen atoms in total. The van der Waals surface area contributed by atoms with Gasteiger partial charge in [0.1, 0.15) is 0 Å². The topological polar surface area (TPSA) is 28.2 Å². The Hall–Kier alpha value is -0.450. The summed E-state index contributed by atoms with van der Waals surface area (Å²) in [5.41, 5.74) is 3.52. The van der Waals surface area contributed by atoms with Gasteiger partial charge in [-0.15, -0.1) is 11.3 Å². The van der Waals surface area contributed by atoms with Crippen LogP contribution < -0.4 is 5.32 Å². The molecule has 0 bridgehead atoms. The van der Waals surface area contributed by atoms with Crippen LogP contribution in [0.2, 0.25) is 0 Å². The van der Waals surface area contributed by atoms with E-state index in [-0.39, 0.29) is 0 Å². The van der Waals surface area contributed by atoms with Gasteiger partial charge in [-0.2, -0.15) is 0 Å². The fourth-order valence-electron chi connectivity index (χ4n) is 2.52. The number of thiazole rings is 1. The van der Waals surface area contributed by atoms with Crippen molar-refractivity contribution >= 4 is 11.3 Å². The van der Waals surface area contributed by atoms with E-state index in [2.05, 4.69) is 49.9 Å². The number of hydrogen-bond acceptors (Lipinski definition) is 4. The van der Waals surface area contributed by atoms with Crippen molar-refractivity contribution in [2.24, 2.45) is 5.41 Å². The lowest BCUT2D eigenvalue weighted by atomic mass is 9.81. The first-order valence-corrected chi connectivity index (χ1v) is 8.23. The average molecular weight is 283 g/mol. The summed E-state index contributed by atoms with van der Waals surface area (Å²) < 4.78 is 0. The Morgan fingerprint density at radius 3 is 2.47 bits per heavy atom. The molecular weight excluding hydrogens is 254 g/mol. The molecule has 1 heterocycles. The predicted octanol–water partition coefficient (Wildman–Crippen LogP) is 3.30. The fraction of sp³-hybridized carbons (Fsp3) is 0.800. The molecule has 0 saturated carbocycles. The number of rotatable bonds is 9. The molecule has 0 radical (unpaired) electrons. The SMILES string of the molecule is CCNCC(CC)(CC)CN(C)Cc1scnc1C. The number of nitrogens with one attached hydrogen (secondary N) is 1. The third-order valence-electron chi connectivity index (χ3n) is 4.11. The highest BCUT2D eigenvalue weighted by Crippen LogP contribution is 2.27. The Morgan fingerprint density at radius 1 is 1.32 bits per heavy atom. The Kier molecular flexibility index (Phi) is 6.97. The van der Waals surface area contributed by atoms with E-state index < -0.39 is 0 Å². The van der Waals surface area contributed by atoms with E-state index in [1.165, 1.54) is 23.4 Å². The van der Waals surface area contributed by atoms with Gasteiger partial charge in [-0.25, -0.2) is 4.98 Å². The van der Waals surface area contributed by atoms with E-state index >= 15 is 0 Å². The molecule has 1 aromatic rings. The average Bonchev–Trinajstić information content (AvgIpc) is 2.80. The molecule has 0 amide bonds. The van der Waals surface area contributed by atoms with Crippen LogP contribution >= 0.6 is 11.3 Å². The summed E-state index contributed by atoms with van der Waals surface area (Å²) >= 11 is 1.77. The molecule has 0 fully saturated rings. The summed E-state index contributed by atoms with van der Waals surface area (Å²) in [6.07, 6.45) is 2.45. The zero-order valence-corrected chi connectivity index (χ0v) is 13.9. The summed E-state index contributed by atoms with van der Waals surface area (Å²) in [5.74, 6) is 0. The van der Waals surface area contributed by atoms with Gasteiger partial charge < -0.3 is 10.2 Å². The predicted molar refractivity (Wildman–Crippen MR) is 84.7 cm³/mol. The van der Waals surface area contributed by atoms with Gasteiger partial charge >= 0.3 is 0 Å². The smallest absolute Gasteiger partial charge is 0.0798 e. The first-order chi connectivity index (χ1) is 9.06. The molecule has 0 spiro atoms. The molecule has 1 aromatic heterocycles. The van der Waals surface area contributed by atoms with Crippen LogP contribution in [0.25, 0.3) is 0 Å². The van der Waals surface area contributed by atoms with Crippen LogP contribution in [0.3, 0.4) is 0 Å². The van der Waals surface area contributed by atoms with Gasteiger partial charge in [-0.3, -0.25) is 0 Å². The summed E-state index contributed by atoms with van der Waals surface area (Å²) in [7, 11) is 2.23. The van der Waals surface area contributed by atoms with Crippen LogP contribution in [0.1, 0.15) is 44.2 Å². The molecule has 0 aliphatic heterocycles. The van der Waals surface area contributed by atoms with Gasteiger partial charge in [0, 0.05) is 24.5 Å². The minimum absolute atomic E-state index is 0.392. The van der Waals surface area contributed by atoms with Gasteiger partial charge in [0.15, 0.2) is 0 Å². The number of aromatic nitrogens is 1. The van der Waals surface area contributed by atoms with Crippen LogP contribution in [-0.4, -0.2) is 36.6 Å². The molecule has 0 aliphatic rings. The lowest BCUT2D eigenvalue weighted by Crippen LogP contribution is -2.42. The second-order valence-corrected chi connectivity index (χ2v) is 6.46. The summed E-state index contributed by atoms with van der Waals surface area (Å²) in [4.78, 5) is 8.18. The maximum Gasteiger partial charge on any atom is 0.0798 e. The molecule has 0 atom stereocenters. The monoisotopic (exact) mass is 283 g/mol. The minimum Gasteiger partial charge on any atom is -0.316 e. The van der Waals surface area contributed by atoms with E-state index in [9.17, 15) is 0 Å². The van der Waals surface area contributed by atoms with Gasteiger partial charge in [0.05, 0.1) is 11.2 Å². The second-order valence-electron chi connectivity index (χ2n) is 5.52. The van der Waals surface area contributed by atoms with Crippen molar-refractivity contribution in [3.05, 3.63) is 16.1 Å². The maximum absolute atomic E-state index is 4.34. The zero-order chi connectivity index (χ0) is 14.3. The molecule has 0 saturated heterocycles. The lowest BCUT2D eigenvalue weighted by Gasteiger charge is -2.36. The fourth-order valence-corrected chi connectivity index (χ4v) is 3.38. The standard InChI is InChI=1S/C15H29N3S/c1-6-15(7-2,10-16-8-3)11-18(5)9-14-13(4)17-12-19-14/h12,16H,6-11H2,1-5H3. The van der Waals surface area contributed by atoms with Crippen molar-refractivity contribution < 1.29 is 0 Å². The van der Waals surface area contributed by atoms with Crippen LogP contribution in [0.4, 0.5) is 0 Å². The Balaban J connectivity index is 2.60. The van der Waals surface area contributed by atoms with Crippen molar-refractivity contribution in [3.8, 4) is 0 Å². The van der Waals surface area contributed by atoms with E-state index in [1.54, 1.807) is 11.3 Å². The minimum atomic E-state index is 0.392. The van der Waals surface area contributed by atoms with E-state index in [0.29, 0.717) is 5.41 Å². The van der Waals surface area contributed by atoms with Crippen LogP contribution in [-0.2, 0) is 6.54 Å². The lowest BCUT2D eigenvalue weighted by molar-refractivity contribution is 0.152. The van der Waals surface area contributed by atoms with Crippen molar-refractivity contribution in [2.75, 3.05) is 26.7 Å². The number of nitrogens with zero attached hydrogens (tertiary/aromatic N) is 2. The van der Waals surface area contributed by atoms with Crippen molar-refractivity contribution in [1.29, 1.82) is 0 Å². The molecule has 110 valence electrons. The van der Waals surface area contributed by atoms with Gasteiger partial charge in [0.2, 0.25) is 0 Å². The third-order valence-corrected chi connectivity index (χ3v) is 5.03. The van der Waals surface area contributed by atoms with E-state index in [4.69, 9.17) is 0 Å². The summed E-state index contributed by atoms with van der Waals surface area (Å²) in [6, 6.07) is 0. The van der Waals surface area contributed by atoms with Crippen molar-refractivity contribution in [1.82, 2.24) is 15.2 Å². The summed E-state index contributed by atoms with van der Waals surface area (Å²) in [6.45, 7) is 13.2. The molecule has 1 rings (SSSR count). The first-order valence-electron chi connectivity index (χ1n) is 7.35. The Labute approximate surface area is 122 Å². The first kappa shape index (κ1) is 16.6. The normalized spacial score (nSPS) is 12.3. The molecule has 19 heavy (non-hydrogen) atoms. The van der Waals surface area contributed by atoms with E-state index in [1.807, 2.05) is 5.51 Å². The zero-order valence-electron chi connectivity index (χ0n) is 13.1. The van der Waals surface area contributed by atoms with Crippen molar-refractivity contribution in [2.45, 2.75) is 47.1 Å². The highest BCUT2D eigenvalue weighted by Gasteiger charge is 2.27. The van der Waals surface area contributed by atoms with E-state index in [0.717, 1.165) is 26.2 Å². The molecular formula is C15H29N3S. The molecule has 4 heteroatoms. The quantitative estimate of drug-likeness (QED) is 0.754.